The van der Waals surface area contributed by atoms with Crippen LogP contribution in [0.5, 0.6) is 0 Å². The smallest absolute Gasteiger partial charge is 0.137 e. The highest BCUT2D eigenvalue weighted by atomic mass is 32.2. The molecule has 100 valence electrons. The van der Waals surface area contributed by atoms with Crippen LogP contribution in [-0.4, -0.2) is 6.54 Å². The number of hydrogen-bond donors (Lipinski definition) is 1. The van der Waals surface area contributed by atoms with E-state index in [2.05, 4.69) is 11.4 Å². The van der Waals surface area contributed by atoms with Gasteiger partial charge >= 0.3 is 0 Å². The molecule has 0 atom stereocenters. The number of benzene rings is 2. The largest absolute Gasteiger partial charge is 0.313 e. The molecule has 2 rings (SSSR count). The second-order valence-electron chi connectivity index (χ2n) is 4.46. The second kappa shape index (κ2) is 6.73. The molecule has 2 aromatic rings. The first-order chi connectivity index (χ1) is 9.19. The molecule has 0 heterocycles. The van der Waals surface area contributed by atoms with Gasteiger partial charge in [-0.1, -0.05) is 42.4 Å². The Balaban J connectivity index is 2.13. The number of rotatable bonds is 5. The van der Waals surface area contributed by atoms with Crippen LogP contribution in [0, 0.1) is 12.7 Å². The number of halogens is 1. The summed E-state index contributed by atoms with van der Waals surface area (Å²) in [6.07, 6.45) is 0. The van der Waals surface area contributed by atoms with Crippen molar-refractivity contribution in [1.82, 2.24) is 5.32 Å². The van der Waals surface area contributed by atoms with E-state index in [1.807, 2.05) is 44.2 Å². The minimum Gasteiger partial charge on any atom is -0.313 e. The maximum Gasteiger partial charge on any atom is 0.137 e. The standard InChI is InChI=1S/C16H18FNS/c1-3-18-11-13-7-8-16(15(17)10-13)19-14-6-4-5-12(2)9-14/h4-10,18H,3,11H2,1-2H3. The molecular weight excluding hydrogens is 257 g/mol. The Morgan fingerprint density at radius 3 is 2.68 bits per heavy atom. The van der Waals surface area contributed by atoms with Crippen LogP contribution < -0.4 is 5.32 Å². The third-order valence-electron chi connectivity index (χ3n) is 2.79. The van der Waals surface area contributed by atoms with E-state index >= 15 is 0 Å². The Hall–Kier alpha value is -1.32. The van der Waals surface area contributed by atoms with Crippen molar-refractivity contribution in [3.8, 4) is 0 Å². The predicted molar refractivity (Wildman–Crippen MR) is 79.1 cm³/mol. The normalized spacial score (nSPS) is 10.7. The molecule has 2 aromatic carbocycles. The highest BCUT2D eigenvalue weighted by molar-refractivity contribution is 7.99. The summed E-state index contributed by atoms with van der Waals surface area (Å²) in [6.45, 7) is 5.68. The lowest BCUT2D eigenvalue weighted by molar-refractivity contribution is 0.596. The SMILES string of the molecule is CCNCc1ccc(Sc2cccc(C)c2)c(F)c1. The van der Waals surface area contributed by atoms with E-state index in [-0.39, 0.29) is 5.82 Å². The highest BCUT2D eigenvalue weighted by Gasteiger charge is 2.05. The summed E-state index contributed by atoms with van der Waals surface area (Å²) in [6, 6.07) is 13.6. The van der Waals surface area contributed by atoms with Crippen LogP contribution in [0.25, 0.3) is 0 Å². The van der Waals surface area contributed by atoms with Gasteiger partial charge in [-0.15, -0.1) is 0 Å². The average molecular weight is 275 g/mol. The van der Waals surface area contributed by atoms with Crippen LogP contribution in [0.1, 0.15) is 18.1 Å². The summed E-state index contributed by atoms with van der Waals surface area (Å²) in [5.74, 6) is -0.151. The minimum absolute atomic E-state index is 0.151. The Labute approximate surface area is 118 Å². The van der Waals surface area contributed by atoms with Crippen LogP contribution in [0.4, 0.5) is 4.39 Å². The van der Waals surface area contributed by atoms with Gasteiger partial charge < -0.3 is 5.32 Å². The third-order valence-corrected chi connectivity index (χ3v) is 3.83. The van der Waals surface area contributed by atoms with Crippen molar-refractivity contribution in [3.05, 3.63) is 59.4 Å². The maximum absolute atomic E-state index is 14.0. The quantitative estimate of drug-likeness (QED) is 0.868. The fraction of sp³-hybridized carbons (Fsp3) is 0.250. The van der Waals surface area contributed by atoms with Gasteiger partial charge in [0, 0.05) is 16.3 Å². The van der Waals surface area contributed by atoms with E-state index in [1.54, 1.807) is 6.07 Å². The molecule has 1 nitrogen and oxygen atoms in total. The lowest BCUT2D eigenvalue weighted by atomic mass is 10.2. The van der Waals surface area contributed by atoms with Gasteiger partial charge in [-0.2, -0.15) is 0 Å². The van der Waals surface area contributed by atoms with E-state index in [0.29, 0.717) is 11.4 Å². The fourth-order valence-electron chi connectivity index (χ4n) is 1.81. The topological polar surface area (TPSA) is 12.0 Å². The summed E-state index contributed by atoms with van der Waals surface area (Å²) < 4.78 is 14.0. The van der Waals surface area contributed by atoms with E-state index < -0.39 is 0 Å². The molecule has 0 saturated carbocycles. The zero-order valence-corrected chi connectivity index (χ0v) is 12.1. The summed E-state index contributed by atoms with van der Waals surface area (Å²) in [5.41, 5.74) is 2.17. The first-order valence-corrected chi connectivity index (χ1v) is 7.24. The highest BCUT2D eigenvalue weighted by Crippen LogP contribution is 2.30. The molecular formula is C16H18FNS. The van der Waals surface area contributed by atoms with Crippen molar-refractivity contribution in [3.63, 3.8) is 0 Å². The third kappa shape index (κ3) is 4.08. The van der Waals surface area contributed by atoms with Crippen molar-refractivity contribution in [1.29, 1.82) is 0 Å². The van der Waals surface area contributed by atoms with E-state index in [4.69, 9.17) is 0 Å². The van der Waals surface area contributed by atoms with Crippen molar-refractivity contribution in [2.24, 2.45) is 0 Å². The van der Waals surface area contributed by atoms with Gasteiger partial charge in [0.2, 0.25) is 0 Å². The maximum atomic E-state index is 14.0. The molecule has 3 heteroatoms. The van der Waals surface area contributed by atoms with Crippen LogP contribution >= 0.6 is 11.8 Å². The Kier molecular flexibility index (Phi) is 5.00. The summed E-state index contributed by atoms with van der Waals surface area (Å²) in [7, 11) is 0. The van der Waals surface area contributed by atoms with Crippen LogP contribution in [0.3, 0.4) is 0 Å². The second-order valence-corrected chi connectivity index (χ2v) is 5.58. The molecule has 0 aliphatic heterocycles. The van der Waals surface area contributed by atoms with Crippen LogP contribution in [0.2, 0.25) is 0 Å². The molecule has 0 unspecified atom stereocenters. The lowest BCUT2D eigenvalue weighted by Gasteiger charge is -2.07. The molecule has 0 radical (unpaired) electrons. The van der Waals surface area contributed by atoms with E-state index in [1.165, 1.54) is 17.3 Å². The molecule has 0 spiro atoms. The van der Waals surface area contributed by atoms with Gasteiger partial charge in [-0.05, 0) is 43.3 Å². The monoisotopic (exact) mass is 275 g/mol. The number of aryl methyl sites for hydroxylation is 1. The van der Waals surface area contributed by atoms with Gasteiger partial charge in [0.25, 0.3) is 0 Å². The summed E-state index contributed by atoms with van der Waals surface area (Å²) in [4.78, 5) is 1.74. The average Bonchev–Trinajstić information content (AvgIpc) is 2.39. The molecule has 0 saturated heterocycles. The van der Waals surface area contributed by atoms with Gasteiger partial charge in [0.1, 0.15) is 5.82 Å². The Morgan fingerprint density at radius 2 is 2.00 bits per heavy atom. The molecule has 0 amide bonds. The van der Waals surface area contributed by atoms with Crippen molar-refractivity contribution in [2.75, 3.05) is 6.54 Å². The van der Waals surface area contributed by atoms with Crippen LogP contribution in [-0.2, 0) is 6.54 Å². The summed E-state index contributed by atoms with van der Waals surface area (Å²) in [5, 5.41) is 3.19. The molecule has 0 fully saturated rings. The first-order valence-electron chi connectivity index (χ1n) is 6.42. The van der Waals surface area contributed by atoms with Crippen molar-refractivity contribution in [2.45, 2.75) is 30.2 Å². The number of hydrogen-bond acceptors (Lipinski definition) is 2. The minimum atomic E-state index is -0.151. The van der Waals surface area contributed by atoms with Gasteiger partial charge in [0.05, 0.1) is 0 Å². The number of nitrogens with one attached hydrogen (secondary N) is 1. The summed E-state index contributed by atoms with van der Waals surface area (Å²) >= 11 is 1.47. The van der Waals surface area contributed by atoms with Gasteiger partial charge in [-0.25, -0.2) is 4.39 Å². The van der Waals surface area contributed by atoms with Gasteiger partial charge in [-0.3, -0.25) is 0 Å². The zero-order valence-electron chi connectivity index (χ0n) is 11.2. The molecule has 0 bridgehead atoms. The lowest BCUT2D eigenvalue weighted by Crippen LogP contribution is -2.11. The Morgan fingerprint density at radius 1 is 1.16 bits per heavy atom. The molecule has 0 aliphatic rings. The van der Waals surface area contributed by atoms with Gasteiger partial charge in [0.15, 0.2) is 0 Å². The molecule has 0 aliphatic carbocycles. The first kappa shape index (κ1) is 14.1. The van der Waals surface area contributed by atoms with Crippen LogP contribution in [0.15, 0.2) is 52.3 Å². The zero-order chi connectivity index (χ0) is 13.7. The fourth-order valence-corrected chi connectivity index (χ4v) is 2.75. The Bertz CT molecular complexity index is 554. The molecule has 0 aromatic heterocycles. The van der Waals surface area contributed by atoms with E-state index in [0.717, 1.165) is 17.0 Å². The van der Waals surface area contributed by atoms with E-state index in [9.17, 15) is 4.39 Å². The predicted octanol–water partition coefficient (Wildman–Crippen LogP) is 4.39. The molecule has 1 N–H and O–H groups in total. The van der Waals surface area contributed by atoms with Crippen molar-refractivity contribution >= 4 is 11.8 Å². The van der Waals surface area contributed by atoms with Crippen molar-refractivity contribution < 1.29 is 4.39 Å². The molecule has 19 heavy (non-hydrogen) atoms.